The summed E-state index contributed by atoms with van der Waals surface area (Å²) in [5.41, 5.74) is 0.0422. The Bertz CT molecular complexity index is 2290. The van der Waals surface area contributed by atoms with E-state index in [0.717, 1.165) is 51.4 Å². The quantitative estimate of drug-likeness (QED) is 0.181. The number of piperazine rings is 1. The normalized spacial score (nSPS) is 23.1. The van der Waals surface area contributed by atoms with Crippen molar-refractivity contribution in [1.82, 2.24) is 24.8 Å². The summed E-state index contributed by atoms with van der Waals surface area (Å²) in [6.07, 6.45) is 3.73. The Hall–Kier alpha value is -5.24. The van der Waals surface area contributed by atoms with E-state index in [1.54, 1.807) is 30.5 Å². The van der Waals surface area contributed by atoms with Crippen LogP contribution in [0.25, 0.3) is 0 Å². The molecule has 4 amide bonds. The number of amides is 4. The monoisotopic (exact) mass is 845 g/mol. The van der Waals surface area contributed by atoms with Crippen molar-refractivity contribution in [2.24, 2.45) is 10.8 Å². The number of sulfonamides is 1. The van der Waals surface area contributed by atoms with E-state index in [4.69, 9.17) is 21.1 Å². The molecule has 15 nitrogen and oxygen atoms in total. The number of rotatable bonds is 13. The Morgan fingerprint density at radius 1 is 1.02 bits per heavy atom. The maximum absolute atomic E-state index is 13.5. The Kier molecular flexibility index (Phi) is 11.7. The number of piperidine rings is 1. The highest BCUT2D eigenvalue weighted by Gasteiger charge is 2.64. The van der Waals surface area contributed by atoms with E-state index in [-0.39, 0.29) is 64.5 Å². The number of hydrogen-bond acceptors (Lipinski definition) is 12. The number of nitriles is 1. The predicted molar refractivity (Wildman–Crippen MR) is 218 cm³/mol. The Morgan fingerprint density at radius 2 is 1.76 bits per heavy atom. The van der Waals surface area contributed by atoms with Crippen LogP contribution in [0.4, 0.5) is 5.82 Å². The molecule has 2 N–H and O–H groups in total. The van der Waals surface area contributed by atoms with Crippen LogP contribution in [-0.2, 0) is 19.6 Å². The molecule has 0 spiro atoms. The highest BCUT2D eigenvalue weighted by Crippen LogP contribution is 2.55. The average Bonchev–Trinajstić information content (AvgIpc) is 3.41. The molecule has 312 valence electrons. The molecular weight excluding hydrogens is 798 g/mol. The van der Waals surface area contributed by atoms with Crippen molar-refractivity contribution in [3.8, 4) is 17.6 Å². The van der Waals surface area contributed by atoms with Gasteiger partial charge in [0.2, 0.25) is 5.91 Å². The van der Waals surface area contributed by atoms with Crippen LogP contribution in [0.2, 0.25) is 5.02 Å². The second-order valence-electron chi connectivity index (χ2n) is 16.6. The number of aromatic nitrogens is 1. The molecule has 1 saturated carbocycles. The number of pyridine rings is 1. The van der Waals surface area contributed by atoms with Gasteiger partial charge >= 0.3 is 0 Å². The zero-order valence-corrected chi connectivity index (χ0v) is 35.1. The Balaban J connectivity index is 0.831. The number of carbonyl (C=O) groups excluding carboxylic acids is 4. The van der Waals surface area contributed by atoms with Crippen LogP contribution < -0.4 is 25.0 Å². The van der Waals surface area contributed by atoms with Crippen LogP contribution in [0.1, 0.15) is 86.1 Å². The van der Waals surface area contributed by atoms with Crippen molar-refractivity contribution in [2.45, 2.75) is 82.9 Å². The Morgan fingerprint density at radius 3 is 2.42 bits per heavy atom. The first-order valence-electron chi connectivity index (χ1n) is 19.8. The minimum absolute atomic E-state index is 0.0465. The zero-order valence-electron chi connectivity index (χ0n) is 33.5. The van der Waals surface area contributed by atoms with E-state index >= 15 is 0 Å². The van der Waals surface area contributed by atoms with Gasteiger partial charge in [0, 0.05) is 61.7 Å². The number of benzene rings is 2. The van der Waals surface area contributed by atoms with Crippen molar-refractivity contribution in [2.75, 3.05) is 44.2 Å². The molecule has 0 bridgehead atoms. The summed E-state index contributed by atoms with van der Waals surface area (Å²) >= 11 is 6.23. The average molecular weight is 846 g/mol. The van der Waals surface area contributed by atoms with Crippen molar-refractivity contribution in [3.05, 3.63) is 76.4 Å². The van der Waals surface area contributed by atoms with Crippen LogP contribution in [-0.4, -0.2) is 104 Å². The fraction of sp³-hybridized carbons (Fsp3) is 0.476. The number of nitrogens with zero attached hydrogens (tertiary/aromatic N) is 5. The van der Waals surface area contributed by atoms with Gasteiger partial charge in [-0.1, -0.05) is 45.4 Å². The number of nitrogens with one attached hydrogen (secondary N) is 2. The van der Waals surface area contributed by atoms with Crippen molar-refractivity contribution < 1.29 is 37.1 Å². The third-order valence-corrected chi connectivity index (χ3v) is 14.1. The lowest BCUT2D eigenvalue weighted by Crippen LogP contribution is -2.74. The van der Waals surface area contributed by atoms with E-state index in [1.807, 2.05) is 12.1 Å². The second kappa shape index (κ2) is 16.4. The van der Waals surface area contributed by atoms with Crippen molar-refractivity contribution >= 4 is 51.1 Å². The second-order valence-corrected chi connectivity index (χ2v) is 18.8. The van der Waals surface area contributed by atoms with E-state index in [1.165, 1.54) is 12.1 Å². The fourth-order valence-corrected chi connectivity index (χ4v) is 11.2. The van der Waals surface area contributed by atoms with Gasteiger partial charge in [-0.05, 0) is 68.6 Å². The molecule has 1 aromatic heterocycles. The van der Waals surface area contributed by atoms with E-state index in [0.29, 0.717) is 32.6 Å². The van der Waals surface area contributed by atoms with Gasteiger partial charge in [0.15, 0.2) is 0 Å². The summed E-state index contributed by atoms with van der Waals surface area (Å²) in [7, 11) is -4.35. The van der Waals surface area contributed by atoms with Gasteiger partial charge in [-0.2, -0.15) is 5.26 Å². The topological polar surface area (TPSA) is 191 Å². The smallest absolute Gasteiger partial charge is 0.272 e. The number of imide groups is 1. The third-order valence-electron chi connectivity index (χ3n) is 11.9. The van der Waals surface area contributed by atoms with Gasteiger partial charge in [-0.15, -0.1) is 0 Å². The van der Waals surface area contributed by atoms with Gasteiger partial charge in [0.1, 0.15) is 40.4 Å². The number of carbonyl (C=O) groups is 4. The SMILES string of the molecule is CC1(C)C(NC(=O)c2ccc(N3CCN(CCCCCOc4cccc5c4S(=O)(=O)N(C4CCC(=O)NC4=O)C5=O)CC3)nc2)C(C)(C)C1Oc1ccc(C#N)c(Cl)c1. The van der Waals surface area contributed by atoms with E-state index < -0.39 is 33.8 Å². The van der Waals surface area contributed by atoms with Gasteiger partial charge in [0.25, 0.3) is 27.7 Å². The summed E-state index contributed by atoms with van der Waals surface area (Å²) < 4.78 is 39.8. The first kappa shape index (κ1) is 41.9. The number of fused-ring (bicyclic) bond motifs is 1. The number of unbranched alkanes of at least 4 members (excludes halogenated alkanes) is 2. The molecule has 59 heavy (non-hydrogen) atoms. The maximum Gasteiger partial charge on any atom is 0.272 e. The largest absolute Gasteiger partial charge is 0.492 e. The van der Waals surface area contributed by atoms with Crippen LogP contribution in [0.15, 0.2) is 59.6 Å². The number of anilines is 1. The van der Waals surface area contributed by atoms with Gasteiger partial charge in [-0.3, -0.25) is 29.4 Å². The molecule has 1 aliphatic carbocycles. The van der Waals surface area contributed by atoms with Gasteiger partial charge < -0.3 is 19.7 Å². The van der Waals surface area contributed by atoms with Crippen LogP contribution >= 0.6 is 11.6 Å². The van der Waals surface area contributed by atoms with Crippen LogP contribution in [0.3, 0.4) is 0 Å². The molecule has 4 heterocycles. The summed E-state index contributed by atoms with van der Waals surface area (Å²) in [5.74, 6) is -0.853. The summed E-state index contributed by atoms with van der Waals surface area (Å²) in [6, 6.07) is 13.8. The van der Waals surface area contributed by atoms with Crippen LogP contribution in [0, 0.1) is 22.2 Å². The molecule has 4 aliphatic rings. The molecular formula is C42H48ClN7O8S. The standard InChI is InChI=1S/C42H48ClN7O8S/c1-41(2)39(42(3,4)40(41)58-28-13-11-26(24-44)30(43)23-28)47-36(52)27-12-15-33(45-25-27)49-20-18-48(19-21-49)17-6-5-7-22-57-32-10-8-9-29-35(32)59(55,56)50(38(29)54)31-14-16-34(51)46-37(31)53/h8-13,15,23,25,31,39-40H,5-7,14,16-22H2,1-4H3,(H,47,52)(H,46,51,53). The fourth-order valence-electron chi connectivity index (χ4n) is 9.12. The van der Waals surface area contributed by atoms with Crippen molar-refractivity contribution in [3.63, 3.8) is 0 Å². The third kappa shape index (κ3) is 8.07. The van der Waals surface area contributed by atoms with Crippen molar-refractivity contribution in [1.29, 1.82) is 5.26 Å². The van der Waals surface area contributed by atoms with E-state index in [9.17, 15) is 32.9 Å². The van der Waals surface area contributed by atoms with Gasteiger partial charge in [0.05, 0.1) is 28.3 Å². The molecule has 3 aliphatic heterocycles. The highest BCUT2D eigenvalue weighted by molar-refractivity contribution is 7.90. The Labute approximate surface area is 349 Å². The number of hydrogen-bond donors (Lipinski definition) is 2. The molecule has 2 saturated heterocycles. The summed E-state index contributed by atoms with van der Waals surface area (Å²) in [6.45, 7) is 12.7. The molecule has 2 aromatic carbocycles. The zero-order chi connectivity index (χ0) is 42.3. The molecule has 3 aromatic rings. The lowest BCUT2D eigenvalue weighted by atomic mass is 9.49. The van der Waals surface area contributed by atoms with E-state index in [2.05, 4.69) is 59.2 Å². The molecule has 1 unspecified atom stereocenters. The number of halogens is 1. The minimum atomic E-state index is -4.35. The van der Waals surface area contributed by atoms with Gasteiger partial charge in [-0.25, -0.2) is 17.7 Å². The highest BCUT2D eigenvalue weighted by atomic mass is 35.5. The molecule has 3 fully saturated rings. The molecule has 7 rings (SSSR count). The summed E-state index contributed by atoms with van der Waals surface area (Å²) in [4.78, 5) is 59.6. The predicted octanol–water partition coefficient (Wildman–Crippen LogP) is 4.54. The molecule has 1 atom stereocenters. The molecule has 0 radical (unpaired) electrons. The van der Waals surface area contributed by atoms with Crippen LogP contribution in [0.5, 0.6) is 11.5 Å². The number of ether oxygens (including phenoxy) is 2. The lowest BCUT2D eigenvalue weighted by molar-refractivity contribution is -0.164. The summed E-state index contributed by atoms with van der Waals surface area (Å²) in [5, 5.41) is 14.9. The first-order chi connectivity index (χ1) is 28.0. The lowest BCUT2D eigenvalue weighted by Gasteiger charge is -2.63. The molecule has 17 heteroatoms. The first-order valence-corrected chi connectivity index (χ1v) is 21.6. The minimum Gasteiger partial charge on any atom is -0.492 e. The maximum atomic E-state index is 13.5.